The van der Waals surface area contributed by atoms with E-state index in [4.69, 9.17) is 5.73 Å². The standard InChI is InChI=1S/C15H17FN2/c1-3-18(13-8-5-7-12(16)10-13)14-9-4-6-11(2)15(14)17/h4-10H,3,17H2,1-2H3. The lowest BCUT2D eigenvalue weighted by Gasteiger charge is -2.25. The highest BCUT2D eigenvalue weighted by atomic mass is 19.1. The van der Waals surface area contributed by atoms with Gasteiger partial charge in [-0.1, -0.05) is 18.2 Å². The maximum absolute atomic E-state index is 13.3. The Hall–Kier alpha value is -2.03. The van der Waals surface area contributed by atoms with Gasteiger partial charge in [-0.25, -0.2) is 4.39 Å². The van der Waals surface area contributed by atoms with Crippen molar-refractivity contribution in [2.45, 2.75) is 13.8 Å². The fraction of sp³-hybridized carbons (Fsp3) is 0.200. The van der Waals surface area contributed by atoms with Crippen molar-refractivity contribution in [3.63, 3.8) is 0 Å². The fourth-order valence-corrected chi connectivity index (χ4v) is 2.04. The monoisotopic (exact) mass is 244 g/mol. The Balaban J connectivity index is 2.49. The van der Waals surface area contributed by atoms with Crippen LogP contribution in [-0.2, 0) is 0 Å². The third-order valence-corrected chi connectivity index (χ3v) is 3.03. The third-order valence-electron chi connectivity index (χ3n) is 3.03. The number of anilines is 3. The summed E-state index contributed by atoms with van der Waals surface area (Å²) in [6.45, 7) is 4.72. The van der Waals surface area contributed by atoms with E-state index in [9.17, 15) is 4.39 Å². The summed E-state index contributed by atoms with van der Waals surface area (Å²) in [7, 11) is 0. The van der Waals surface area contributed by atoms with E-state index in [1.807, 2.05) is 43.0 Å². The zero-order valence-electron chi connectivity index (χ0n) is 10.7. The molecule has 0 aromatic heterocycles. The summed E-state index contributed by atoms with van der Waals surface area (Å²) in [6, 6.07) is 12.4. The summed E-state index contributed by atoms with van der Waals surface area (Å²) in [5.74, 6) is -0.239. The molecule has 2 nitrogen and oxygen atoms in total. The molecule has 0 aliphatic carbocycles. The number of hydrogen-bond donors (Lipinski definition) is 1. The van der Waals surface area contributed by atoms with E-state index >= 15 is 0 Å². The first kappa shape index (κ1) is 12.4. The lowest BCUT2D eigenvalue weighted by Crippen LogP contribution is -2.18. The molecule has 2 aromatic carbocycles. The van der Waals surface area contributed by atoms with Gasteiger partial charge < -0.3 is 10.6 Å². The van der Waals surface area contributed by atoms with Gasteiger partial charge in [0.05, 0.1) is 11.4 Å². The number of nitrogen functional groups attached to an aromatic ring is 1. The minimum atomic E-state index is -0.239. The summed E-state index contributed by atoms with van der Waals surface area (Å²) in [4.78, 5) is 2.01. The molecule has 3 heteroatoms. The highest BCUT2D eigenvalue weighted by Gasteiger charge is 2.11. The predicted molar refractivity (Wildman–Crippen MR) is 74.7 cm³/mol. The van der Waals surface area contributed by atoms with Crippen molar-refractivity contribution in [2.75, 3.05) is 17.2 Å². The number of halogens is 1. The molecule has 0 aliphatic heterocycles. The molecule has 0 bridgehead atoms. The van der Waals surface area contributed by atoms with Crippen LogP contribution in [0.3, 0.4) is 0 Å². The third kappa shape index (κ3) is 2.30. The largest absolute Gasteiger partial charge is 0.397 e. The van der Waals surface area contributed by atoms with Gasteiger partial charge in [0.15, 0.2) is 0 Å². The van der Waals surface area contributed by atoms with Crippen molar-refractivity contribution >= 4 is 17.1 Å². The Morgan fingerprint density at radius 3 is 2.56 bits per heavy atom. The summed E-state index contributed by atoms with van der Waals surface area (Å²) in [6.07, 6.45) is 0. The van der Waals surface area contributed by atoms with Crippen molar-refractivity contribution < 1.29 is 4.39 Å². The van der Waals surface area contributed by atoms with Crippen molar-refractivity contribution in [1.29, 1.82) is 0 Å². The highest BCUT2D eigenvalue weighted by Crippen LogP contribution is 2.32. The van der Waals surface area contributed by atoms with E-state index in [1.165, 1.54) is 12.1 Å². The molecular formula is C15H17FN2. The van der Waals surface area contributed by atoms with Crippen LogP contribution in [0, 0.1) is 12.7 Å². The zero-order valence-corrected chi connectivity index (χ0v) is 10.7. The van der Waals surface area contributed by atoms with Crippen LogP contribution in [0.25, 0.3) is 0 Å². The van der Waals surface area contributed by atoms with Crippen LogP contribution in [0.15, 0.2) is 42.5 Å². The van der Waals surface area contributed by atoms with Gasteiger partial charge in [0, 0.05) is 12.2 Å². The number of rotatable bonds is 3. The normalized spacial score (nSPS) is 10.4. The number of hydrogen-bond acceptors (Lipinski definition) is 2. The van der Waals surface area contributed by atoms with Crippen molar-refractivity contribution in [2.24, 2.45) is 0 Å². The van der Waals surface area contributed by atoms with Gasteiger partial charge >= 0.3 is 0 Å². The molecule has 0 amide bonds. The first-order chi connectivity index (χ1) is 8.63. The average Bonchev–Trinajstić information content (AvgIpc) is 2.35. The highest BCUT2D eigenvalue weighted by molar-refractivity contribution is 5.76. The number of aryl methyl sites for hydroxylation is 1. The summed E-state index contributed by atoms with van der Waals surface area (Å²) < 4.78 is 13.3. The second-order valence-electron chi connectivity index (χ2n) is 4.23. The topological polar surface area (TPSA) is 29.3 Å². The van der Waals surface area contributed by atoms with Gasteiger partial charge in [-0.2, -0.15) is 0 Å². The van der Waals surface area contributed by atoms with Crippen molar-refractivity contribution in [1.82, 2.24) is 0 Å². The molecule has 0 saturated heterocycles. The Morgan fingerprint density at radius 1 is 1.17 bits per heavy atom. The first-order valence-electron chi connectivity index (χ1n) is 6.01. The number of benzene rings is 2. The van der Waals surface area contributed by atoms with Crippen LogP contribution in [0.1, 0.15) is 12.5 Å². The molecule has 2 N–H and O–H groups in total. The van der Waals surface area contributed by atoms with Crippen LogP contribution < -0.4 is 10.6 Å². The maximum Gasteiger partial charge on any atom is 0.125 e. The van der Waals surface area contributed by atoms with E-state index in [1.54, 1.807) is 6.07 Å². The molecule has 0 atom stereocenters. The Kier molecular flexibility index (Phi) is 3.51. The smallest absolute Gasteiger partial charge is 0.125 e. The fourth-order valence-electron chi connectivity index (χ4n) is 2.04. The SMILES string of the molecule is CCN(c1cccc(F)c1)c1cccc(C)c1N. The summed E-state index contributed by atoms with van der Waals surface area (Å²) >= 11 is 0. The Labute approximate surface area is 107 Å². The van der Waals surface area contributed by atoms with Crippen LogP contribution in [0.5, 0.6) is 0 Å². The molecule has 0 spiro atoms. The van der Waals surface area contributed by atoms with Gasteiger partial charge in [0.25, 0.3) is 0 Å². The summed E-state index contributed by atoms with van der Waals surface area (Å²) in [5.41, 5.74) is 9.60. The second-order valence-corrected chi connectivity index (χ2v) is 4.23. The van der Waals surface area contributed by atoms with Gasteiger partial charge in [0.2, 0.25) is 0 Å². The van der Waals surface area contributed by atoms with E-state index < -0.39 is 0 Å². The van der Waals surface area contributed by atoms with Crippen molar-refractivity contribution in [3.05, 3.63) is 53.8 Å². The van der Waals surface area contributed by atoms with Crippen molar-refractivity contribution in [3.8, 4) is 0 Å². The van der Waals surface area contributed by atoms with Gasteiger partial charge in [-0.15, -0.1) is 0 Å². The lowest BCUT2D eigenvalue weighted by molar-refractivity contribution is 0.627. The van der Waals surface area contributed by atoms with Crippen LogP contribution in [0.4, 0.5) is 21.5 Å². The van der Waals surface area contributed by atoms with Crippen LogP contribution >= 0.6 is 0 Å². The second kappa shape index (κ2) is 5.08. The Morgan fingerprint density at radius 2 is 1.89 bits per heavy atom. The van der Waals surface area contributed by atoms with E-state index in [2.05, 4.69) is 0 Å². The molecule has 0 unspecified atom stereocenters. The average molecular weight is 244 g/mol. The van der Waals surface area contributed by atoms with Crippen LogP contribution in [0.2, 0.25) is 0 Å². The predicted octanol–water partition coefficient (Wildman–Crippen LogP) is 3.87. The number of nitrogens with zero attached hydrogens (tertiary/aromatic N) is 1. The van der Waals surface area contributed by atoms with Gasteiger partial charge in [-0.3, -0.25) is 0 Å². The quantitative estimate of drug-likeness (QED) is 0.830. The minimum absolute atomic E-state index is 0.239. The molecule has 0 aliphatic rings. The zero-order chi connectivity index (χ0) is 13.1. The molecule has 18 heavy (non-hydrogen) atoms. The maximum atomic E-state index is 13.3. The molecule has 2 aromatic rings. The van der Waals surface area contributed by atoms with Gasteiger partial charge in [-0.05, 0) is 43.7 Å². The lowest BCUT2D eigenvalue weighted by atomic mass is 10.1. The number of para-hydroxylation sites is 1. The molecule has 0 radical (unpaired) electrons. The van der Waals surface area contributed by atoms with E-state index in [-0.39, 0.29) is 5.82 Å². The molecule has 94 valence electrons. The molecule has 0 fully saturated rings. The Bertz CT molecular complexity index is 552. The van der Waals surface area contributed by atoms with Gasteiger partial charge in [0.1, 0.15) is 5.82 Å². The van der Waals surface area contributed by atoms with E-state index in [0.717, 1.165) is 29.2 Å². The van der Waals surface area contributed by atoms with E-state index in [0.29, 0.717) is 0 Å². The molecule has 0 heterocycles. The number of nitrogens with two attached hydrogens (primary N) is 1. The summed E-state index contributed by atoms with van der Waals surface area (Å²) in [5, 5.41) is 0. The molecular weight excluding hydrogens is 227 g/mol. The molecule has 0 saturated carbocycles. The minimum Gasteiger partial charge on any atom is -0.397 e. The molecule has 2 rings (SSSR count). The first-order valence-corrected chi connectivity index (χ1v) is 6.01. The van der Waals surface area contributed by atoms with Crippen LogP contribution in [-0.4, -0.2) is 6.54 Å².